The number of aryl methyl sites for hydroxylation is 1. The van der Waals surface area contributed by atoms with E-state index in [9.17, 15) is 9.59 Å². The minimum Gasteiger partial charge on any atom is -0.497 e. The van der Waals surface area contributed by atoms with Crippen LogP contribution >= 0.6 is 0 Å². The SMILES string of the molecule is CCc1ccccc1NC(=O)CNC(=O)/C=C/c1cccc(OC)c1. The van der Waals surface area contributed by atoms with Gasteiger partial charge in [0.05, 0.1) is 13.7 Å². The Kier molecular flexibility index (Phi) is 6.77. The molecule has 2 amide bonds. The summed E-state index contributed by atoms with van der Waals surface area (Å²) in [5.74, 6) is 0.127. The van der Waals surface area contributed by atoms with Gasteiger partial charge in [-0.1, -0.05) is 37.3 Å². The van der Waals surface area contributed by atoms with Gasteiger partial charge in [-0.15, -0.1) is 0 Å². The molecule has 2 aromatic carbocycles. The van der Waals surface area contributed by atoms with Crippen molar-refractivity contribution in [1.82, 2.24) is 5.32 Å². The number of methoxy groups -OCH3 is 1. The van der Waals surface area contributed by atoms with E-state index in [1.807, 2.05) is 55.5 Å². The molecule has 5 nitrogen and oxygen atoms in total. The lowest BCUT2D eigenvalue weighted by Gasteiger charge is -2.09. The number of anilines is 1. The summed E-state index contributed by atoms with van der Waals surface area (Å²) < 4.78 is 5.13. The van der Waals surface area contributed by atoms with Crippen LogP contribution in [0.15, 0.2) is 54.6 Å². The summed E-state index contributed by atoms with van der Waals surface area (Å²) in [6.07, 6.45) is 3.89. The largest absolute Gasteiger partial charge is 0.497 e. The third-order valence-electron chi connectivity index (χ3n) is 3.62. The van der Waals surface area contributed by atoms with Gasteiger partial charge in [-0.25, -0.2) is 0 Å². The molecule has 2 aromatic rings. The van der Waals surface area contributed by atoms with E-state index in [1.165, 1.54) is 6.08 Å². The Labute approximate surface area is 147 Å². The molecule has 2 rings (SSSR count). The summed E-state index contributed by atoms with van der Waals surface area (Å²) in [7, 11) is 1.59. The molecule has 0 unspecified atom stereocenters. The summed E-state index contributed by atoms with van der Waals surface area (Å²) in [5.41, 5.74) is 2.67. The molecule has 130 valence electrons. The molecule has 2 N–H and O–H groups in total. The maximum Gasteiger partial charge on any atom is 0.244 e. The van der Waals surface area contributed by atoms with Crippen molar-refractivity contribution in [3.8, 4) is 5.75 Å². The van der Waals surface area contributed by atoms with Crippen LogP contribution in [0.5, 0.6) is 5.75 Å². The highest BCUT2D eigenvalue weighted by molar-refractivity contribution is 5.98. The minimum absolute atomic E-state index is 0.0840. The molecule has 0 heterocycles. The minimum atomic E-state index is -0.332. The lowest BCUT2D eigenvalue weighted by atomic mass is 10.1. The molecular weight excluding hydrogens is 316 g/mol. The van der Waals surface area contributed by atoms with Crippen molar-refractivity contribution >= 4 is 23.6 Å². The zero-order valence-electron chi connectivity index (χ0n) is 14.4. The Balaban J connectivity index is 1.84. The van der Waals surface area contributed by atoms with Gasteiger partial charge in [-0.3, -0.25) is 9.59 Å². The number of ether oxygens (including phenoxy) is 1. The Hall–Kier alpha value is -3.08. The average molecular weight is 338 g/mol. The van der Waals surface area contributed by atoms with Gasteiger partial charge >= 0.3 is 0 Å². The van der Waals surface area contributed by atoms with Gasteiger partial charge in [0, 0.05) is 11.8 Å². The van der Waals surface area contributed by atoms with E-state index >= 15 is 0 Å². The molecule has 5 heteroatoms. The topological polar surface area (TPSA) is 67.4 Å². The van der Waals surface area contributed by atoms with Gasteiger partial charge in [-0.2, -0.15) is 0 Å². The maximum atomic E-state index is 12.0. The fraction of sp³-hybridized carbons (Fsp3) is 0.200. The number of hydrogen-bond donors (Lipinski definition) is 2. The molecule has 0 aromatic heterocycles. The Morgan fingerprint density at radius 1 is 1.12 bits per heavy atom. The van der Waals surface area contributed by atoms with Gasteiger partial charge in [0.25, 0.3) is 0 Å². The molecule has 0 aliphatic rings. The number of carbonyl (C=O) groups excluding carboxylic acids is 2. The van der Waals surface area contributed by atoms with E-state index in [0.717, 1.165) is 29.0 Å². The molecule has 25 heavy (non-hydrogen) atoms. The summed E-state index contributed by atoms with van der Waals surface area (Å²) in [5, 5.41) is 5.38. The van der Waals surface area contributed by atoms with Crippen LogP contribution in [0.1, 0.15) is 18.1 Å². The molecule has 0 aliphatic heterocycles. The van der Waals surface area contributed by atoms with Crippen LogP contribution in [0, 0.1) is 0 Å². The Morgan fingerprint density at radius 3 is 2.68 bits per heavy atom. The molecule has 0 saturated carbocycles. The zero-order valence-corrected chi connectivity index (χ0v) is 14.4. The van der Waals surface area contributed by atoms with Crippen molar-refractivity contribution < 1.29 is 14.3 Å². The van der Waals surface area contributed by atoms with Crippen LogP contribution < -0.4 is 15.4 Å². The fourth-order valence-electron chi connectivity index (χ4n) is 2.29. The lowest BCUT2D eigenvalue weighted by molar-refractivity contribution is -0.121. The second kappa shape index (κ2) is 9.27. The van der Waals surface area contributed by atoms with Crippen molar-refractivity contribution in [3.63, 3.8) is 0 Å². The zero-order chi connectivity index (χ0) is 18.1. The highest BCUT2D eigenvalue weighted by Gasteiger charge is 2.06. The summed E-state index contributed by atoms with van der Waals surface area (Å²) in [4.78, 5) is 23.8. The van der Waals surface area contributed by atoms with Gasteiger partial charge in [0.15, 0.2) is 0 Å². The fourth-order valence-corrected chi connectivity index (χ4v) is 2.29. The second-order valence-corrected chi connectivity index (χ2v) is 5.39. The van der Waals surface area contributed by atoms with Crippen molar-refractivity contribution in [2.24, 2.45) is 0 Å². The highest BCUT2D eigenvalue weighted by atomic mass is 16.5. The number of hydrogen-bond acceptors (Lipinski definition) is 3. The Bertz CT molecular complexity index is 769. The normalized spacial score (nSPS) is 10.5. The summed E-state index contributed by atoms with van der Waals surface area (Å²) in [6, 6.07) is 15.0. The predicted octanol–water partition coefficient (Wildman–Crippen LogP) is 3.03. The number of para-hydroxylation sites is 1. The Morgan fingerprint density at radius 2 is 1.92 bits per heavy atom. The van der Waals surface area contributed by atoms with Gasteiger partial charge in [0.2, 0.25) is 11.8 Å². The third kappa shape index (κ3) is 5.80. The number of nitrogens with one attached hydrogen (secondary N) is 2. The highest BCUT2D eigenvalue weighted by Crippen LogP contribution is 2.15. The van der Waals surface area contributed by atoms with E-state index < -0.39 is 0 Å². The van der Waals surface area contributed by atoms with Crippen LogP contribution in [0.3, 0.4) is 0 Å². The molecule has 0 bridgehead atoms. The average Bonchev–Trinajstić information content (AvgIpc) is 2.65. The smallest absolute Gasteiger partial charge is 0.244 e. The van der Waals surface area contributed by atoms with Crippen LogP contribution in [-0.2, 0) is 16.0 Å². The predicted molar refractivity (Wildman–Crippen MR) is 99.5 cm³/mol. The third-order valence-corrected chi connectivity index (χ3v) is 3.62. The maximum absolute atomic E-state index is 12.0. The summed E-state index contributed by atoms with van der Waals surface area (Å²) in [6.45, 7) is 1.94. The molecule has 0 radical (unpaired) electrons. The molecule has 0 saturated heterocycles. The van der Waals surface area contributed by atoms with E-state index in [1.54, 1.807) is 13.2 Å². The van der Waals surface area contributed by atoms with Gasteiger partial charge in [-0.05, 0) is 41.8 Å². The summed E-state index contributed by atoms with van der Waals surface area (Å²) >= 11 is 0. The van der Waals surface area contributed by atoms with E-state index in [-0.39, 0.29) is 18.4 Å². The van der Waals surface area contributed by atoms with Crippen molar-refractivity contribution in [2.45, 2.75) is 13.3 Å². The van der Waals surface area contributed by atoms with Crippen LogP contribution in [-0.4, -0.2) is 25.5 Å². The van der Waals surface area contributed by atoms with Crippen molar-refractivity contribution in [1.29, 1.82) is 0 Å². The van der Waals surface area contributed by atoms with Gasteiger partial charge in [0.1, 0.15) is 5.75 Å². The number of carbonyl (C=O) groups is 2. The number of rotatable bonds is 7. The standard InChI is InChI=1S/C20H22N2O3/c1-3-16-8-4-5-10-18(16)22-20(24)14-21-19(23)12-11-15-7-6-9-17(13-15)25-2/h4-13H,3,14H2,1-2H3,(H,21,23)(H,22,24)/b12-11+. The van der Waals surface area contributed by atoms with Crippen LogP contribution in [0.2, 0.25) is 0 Å². The van der Waals surface area contributed by atoms with Crippen molar-refractivity contribution in [3.05, 3.63) is 65.7 Å². The quantitative estimate of drug-likeness (QED) is 0.763. The number of amides is 2. The molecule has 0 fully saturated rings. The lowest BCUT2D eigenvalue weighted by Crippen LogP contribution is -2.31. The first-order valence-electron chi connectivity index (χ1n) is 8.10. The molecular formula is C20H22N2O3. The van der Waals surface area contributed by atoms with E-state index in [4.69, 9.17) is 4.74 Å². The van der Waals surface area contributed by atoms with E-state index in [0.29, 0.717) is 0 Å². The first-order valence-corrected chi connectivity index (χ1v) is 8.10. The van der Waals surface area contributed by atoms with Crippen LogP contribution in [0.4, 0.5) is 5.69 Å². The van der Waals surface area contributed by atoms with Crippen molar-refractivity contribution in [2.75, 3.05) is 19.0 Å². The van der Waals surface area contributed by atoms with Crippen LogP contribution in [0.25, 0.3) is 6.08 Å². The molecule has 0 spiro atoms. The van der Waals surface area contributed by atoms with Gasteiger partial charge < -0.3 is 15.4 Å². The first kappa shape index (κ1) is 18.3. The molecule has 0 aliphatic carbocycles. The second-order valence-electron chi connectivity index (χ2n) is 5.39. The first-order chi connectivity index (χ1) is 12.1. The molecule has 0 atom stereocenters. The number of benzene rings is 2. The monoisotopic (exact) mass is 338 g/mol. The van der Waals surface area contributed by atoms with E-state index in [2.05, 4.69) is 10.6 Å².